The molecule has 0 spiro atoms. The zero-order chi connectivity index (χ0) is 21.0. The van der Waals surface area contributed by atoms with Crippen molar-refractivity contribution in [2.75, 3.05) is 20.8 Å². The second-order valence-corrected chi connectivity index (χ2v) is 6.35. The van der Waals surface area contributed by atoms with Gasteiger partial charge in [0.15, 0.2) is 11.5 Å². The first kappa shape index (κ1) is 20.0. The molecule has 2 heterocycles. The van der Waals surface area contributed by atoms with Crippen LogP contribution < -0.4 is 9.47 Å². The number of carboxylic acids is 1. The first-order valence-corrected chi connectivity index (χ1v) is 8.75. The molecule has 2 N–H and O–H groups in total. The van der Waals surface area contributed by atoms with Crippen molar-refractivity contribution in [2.45, 2.75) is 13.5 Å². The fraction of sp³-hybridized carbons (Fsp3) is 0.250. The average molecular weight is 399 g/mol. The summed E-state index contributed by atoms with van der Waals surface area (Å²) < 4.78 is 16.0. The van der Waals surface area contributed by atoms with Gasteiger partial charge in [0.05, 0.1) is 14.2 Å². The molecule has 1 aromatic carbocycles. The fourth-order valence-electron chi connectivity index (χ4n) is 2.84. The molecule has 3 aromatic rings. The number of benzene rings is 1. The number of carboxylic acid groups (broad SMARTS) is 1. The number of carbonyl (C=O) groups excluding carboxylic acids is 1. The van der Waals surface area contributed by atoms with Crippen molar-refractivity contribution in [3.8, 4) is 23.0 Å². The van der Waals surface area contributed by atoms with Gasteiger partial charge in [0, 0.05) is 18.7 Å². The van der Waals surface area contributed by atoms with Gasteiger partial charge >= 0.3 is 5.97 Å². The van der Waals surface area contributed by atoms with E-state index in [1.54, 1.807) is 30.3 Å². The highest BCUT2D eigenvalue weighted by Gasteiger charge is 2.23. The van der Waals surface area contributed by atoms with E-state index in [1.807, 2.05) is 6.92 Å². The van der Waals surface area contributed by atoms with E-state index in [9.17, 15) is 14.7 Å². The van der Waals surface area contributed by atoms with Gasteiger partial charge in [0.2, 0.25) is 0 Å². The number of carbonyl (C=O) groups is 2. The van der Waals surface area contributed by atoms with E-state index in [2.05, 4.69) is 10.2 Å². The number of hydrogen-bond acceptors (Lipinski definition) is 6. The number of amides is 1. The number of aryl methyl sites for hydroxylation is 1. The minimum atomic E-state index is -1.13. The van der Waals surface area contributed by atoms with Crippen molar-refractivity contribution >= 4 is 11.9 Å². The van der Waals surface area contributed by atoms with Crippen LogP contribution >= 0.6 is 0 Å². The normalized spacial score (nSPS) is 10.6. The molecule has 0 aliphatic rings. The summed E-state index contributed by atoms with van der Waals surface area (Å²) >= 11 is 0. The molecule has 0 unspecified atom stereocenters. The maximum absolute atomic E-state index is 12.9. The molecule has 3 rings (SSSR count). The molecule has 0 bridgehead atoms. The predicted octanol–water partition coefficient (Wildman–Crippen LogP) is 2.72. The van der Waals surface area contributed by atoms with E-state index in [-0.39, 0.29) is 12.2 Å². The summed E-state index contributed by atoms with van der Waals surface area (Å²) in [6.45, 7) is 1.37. The van der Waals surface area contributed by atoms with Crippen molar-refractivity contribution in [3.05, 3.63) is 53.4 Å². The molecule has 0 saturated heterocycles. The van der Waals surface area contributed by atoms with Crippen LogP contribution in [0.2, 0.25) is 0 Å². The topological polar surface area (TPSA) is 118 Å². The highest BCUT2D eigenvalue weighted by molar-refractivity contribution is 5.95. The number of methoxy groups -OCH3 is 2. The smallest absolute Gasteiger partial charge is 0.323 e. The van der Waals surface area contributed by atoms with Gasteiger partial charge in [-0.15, -0.1) is 0 Å². The van der Waals surface area contributed by atoms with Crippen LogP contribution in [0.4, 0.5) is 0 Å². The summed E-state index contributed by atoms with van der Waals surface area (Å²) in [6, 6.07) is 10.2. The monoisotopic (exact) mass is 399 g/mol. The lowest BCUT2D eigenvalue weighted by atomic mass is 10.1. The summed E-state index contributed by atoms with van der Waals surface area (Å²) in [4.78, 5) is 25.4. The Morgan fingerprint density at radius 1 is 1.14 bits per heavy atom. The van der Waals surface area contributed by atoms with Crippen LogP contribution in [0.5, 0.6) is 11.5 Å². The SMILES string of the molecule is COc1cc(CN(CC(=O)O)C(=O)c2cc(-c3ccc(C)o3)[nH]n2)cc(OC)c1. The van der Waals surface area contributed by atoms with Crippen LogP contribution in [0, 0.1) is 6.92 Å². The van der Waals surface area contributed by atoms with Crippen LogP contribution in [0.25, 0.3) is 11.5 Å². The van der Waals surface area contributed by atoms with E-state index >= 15 is 0 Å². The Labute approximate surface area is 166 Å². The van der Waals surface area contributed by atoms with Gasteiger partial charge in [-0.1, -0.05) is 0 Å². The summed E-state index contributed by atoms with van der Waals surface area (Å²) in [5.41, 5.74) is 1.28. The molecule has 2 aromatic heterocycles. The molecule has 9 nitrogen and oxygen atoms in total. The summed E-state index contributed by atoms with van der Waals surface area (Å²) in [7, 11) is 3.03. The Kier molecular flexibility index (Phi) is 5.87. The molecule has 9 heteroatoms. The van der Waals surface area contributed by atoms with Crippen molar-refractivity contribution in [3.63, 3.8) is 0 Å². The number of ether oxygens (including phenoxy) is 2. The van der Waals surface area contributed by atoms with Crippen LogP contribution in [0.3, 0.4) is 0 Å². The van der Waals surface area contributed by atoms with Gasteiger partial charge in [-0.05, 0) is 36.8 Å². The Balaban J connectivity index is 1.86. The summed E-state index contributed by atoms with van der Waals surface area (Å²) in [6.07, 6.45) is 0. The molecule has 0 aliphatic carbocycles. The standard InChI is InChI=1S/C20H21N3O6/c1-12-4-5-18(29-12)16-9-17(22-21-16)20(26)23(11-19(24)25)10-13-6-14(27-2)8-15(7-13)28-3/h4-9H,10-11H2,1-3H3,(H,21,22)(H,24,25). The molecule has 152 valence electrons. The lowest BCUT2D eigenvalue weighted by molar-refractivity contribution is -0.137. The minimum absolute atomic E-state index is 0.0424. The van der Waals surface area contributed by atoms with Gasteiger partial charge in [0.25, 0.3) is 5.91 Å². The summed E-state index contributed by atoms with van der Waals surface area (Å²) in [5, 5.41) is 16.0. The number of aliphatic carboxylic acids is 1. The van der Waals surface area contributed by atoms with Crippen molar-refractivity contribution in [2.24, 2.45) is 0 Å². The fourth-order valence-corrected chi connectivity index (χ4v) is 2.84. The number of rotatable bonds is 8. The molecule has 0 radical (unpaired) electrons. The lowest BCUT2D eigenvalue weighted by Gasteiger charge is -2.20. The predicted molar refractivity (Wildman–Crippen MR) is 103 cm³/mol. The van der Waals surface area contributed by atoms with Crippen LogP contribution in [0.15, 0.2) is 40.8 Å². The van der Waals surface area contributed by atoms with E-state index < -0.39 is 18.4 Å². The zero-order valence-electron chi connectivity index (χ0n) is 16.3. The number of nitrogens with one attached hydrogen (secondary N) is 1. The van der Waals surface area contributed by atoms with Crippen molar-refractivity contribution in [1.29, 1.82) is 0 Å². The maximum Gasteiger partial charge on any atom is 0.323 e. The highest BCUT2D eigenvalue weighted by atomic mass is 16.5. The van der Waals surface area contributed by atoms with E-state index in [1.165, 1.54) is 25.2 Å². The number of furan rings is 1. The Morgan fingerprint density at radius 3 is 2.38 bits per heavy atom. The average Bonchev–Trinajstić information content (AvgIpc) is 3.35. The van der Waals surface area contributed by atoms with E-state index in [4.69, 9.17) is 13.9 Å². The van der Waals surface area contributed by atoms with Crippen molar-refractivity contribution in [1.82, 2.24) is 15.1 Å². The first-order chi connectivity index (χ1) is 13.9. The van der Waals surface area contributed by atoms with Crippen LogP contribution in [0.1, 0.15) is 21.8 Å². The third-order valence-corrected chi connectivity index (χ3v) is 4.20. The van der Waals surface area contributed by atoms with Crippen LogP contribution in [-0.2, 0) is 11.3 Å². The van der Waals surface area contributed by atoms with E-state index in [0.717, 1.165) is 5.76 Å². The molecular formula is C20H21N3O6. The summed E-state index contributed by atoms with van der Waals surface area (Å²) in [5.74, 6) is 0.679. The molecule has 29 heavy (non-hydrogen) atoms. The Bertz CT molecular complexity index is 1000. The molecule has 1 amide bonds. The third-order valence-electron chi connectivity index (χ3n) is 4.20. The first-order valence-electron chi connectivity index (χ1n) is 8.75. The van der Waals surface area contributed by atoms with Crippen molar-refractivity contribution < 1.29 is 28.6 Å². The quantitative estimate of drug-likeness (QED) is 0.598. The number of H-pyrrole nitrogens is 1. The number of aromatic amines is 1. The molecule has 0 atom stereocenters. The lowest BCUT2D eigenvalue weighted by Crippen LogP contribution is -2.35. The Hall–Kier alpha value is -3.75. The minimum Gasteiger partial charge on any atom is -0.497 e. The van der Waals surface area contributed by atoms with Gasteiger partial charge in [-0.3, -0.25) is 14.7 Å². The van der Waals surface area contributed by atoms with Crippen LogP contribution in [-0.4, -0.2) is 52.8 Å². The molecule has 0 fully saturated rings. The second kappa shape index (κ2) is 8.51. The third kappa shape index (κ3) is 4.75. The second-order valence-electron chi connectivity index (χ2n) is 6.35. The number of aromatic nitrogens is 2. The van der Waals surface area contributed by atoms with Gasteiger partial charge in [-0.25, -0.2) is 0 Å². The largest absolute Gasteiger partial charge is 0.497 e. The van der Waals surface area contributed by atoms with Gasteiger partial charge < -0.3 is 23.9 Å². The van der Waals surface area contributed by atoms with Gasteiger partial charge in [-0.2, -0.15) is 5.10 Å². The van der Waals surface area contributed by atoms with Gasteiger partial charge in [0.1, 0.15) is 29.5 Å². The molecule has 0 saturated carbocycles. The molecular weight excluding hydrogens is 378 g/mol. The zero-order valence-corrected chi connectivity index (χ0v) is 16.3. The number of hydrogen-bond donors (Lipinski definition) is 2. The van der Waals surface area contributed by atoms with E-state index in [0.29, 0.717) is 28.5 Å². The highest BCUT2D eigenvalue weighted by Crippen LogP contribution is 2.25. The maximum atomic E-state index is 12.9. The molecule has 0 aliphatic heterocycles. The number of nitrogens with zero attached hydrogens (tertiary/aromatic N) is 2. The Morgan fingerprint density at radius 2 is 1.83 bits per heavy atom.